The summed E-state index contributed by atoms with van der Waals surface area (Å²) >= 11 is 0. The number of nitrogens with zero attached hydrogens (tertiary/aromatic N) is 3. The van der Waals surface area contributed by atoms with Gasteiger partial charge in [-0.2, -0.15) is 5.01 Å². The quantitative estimate of drug-likeness (QED) is 0.203. The fourth-order valence-corrected chi connectivity index (χ4v) is 4.13. The van der Waals surface area contributed by atoms with Gasteiger partial charge in [-0.25, -0.2) is 5.01 Å². The van der Waals surface area contributed by atoms with Crippen LogP contribution in [0.1, 0.15) is 33.6 Å². The summed E-state index contributed by atoms with van der Waals surface area (Å²) in [4.78, 5) is 63.0. The van der Waals surface area contributed by atoms with Gasteiger partial charge in [0.15, 0.2) is 5.78 Å². The van der Waals surface area contributed by atoms with Crippen LogP contribution in [0.2, 0.25) is 0 Å². The van der Waals surface area contributed by atoms with Crippen molar-refractivity contribution < 1.29 is 28.8 Å². The van der Waals surface area contributed by atoms with Crippen molar-refractivity contribution >= 4 is 29.2 Å². The first-order chi connectivity index (χ1) is 16.3. The fourth-order valence-electron chi connectivity index (χ4n) is 4.13. The lowest BCUT2D eigenvalue weighted by Crippen LogP contribution is -2.52. The molecule has 0 spiro atoms. The van der Waals surface area contributed by atoms with Crippen LogP contribution < -0.4 is 4.74 Å². The minimum absolute atomic E-state index is 0.00160. The number of fused-ring (bicyclic) bond motifs is 1. The Hall–Kier alpha value is -4.34. The average Bonchev–Trinajstić information content (AvgIpc) is 3.12. The van der Waals surface area contributed by atoms with Crippen molar-refractivity contribution in [2.75, 3.05) is 13.7 Å². The maximum absolute atomic E-state index is 13.4. The van der Waals surface area contributed by atoms with Gasteiger partial charge in [-0.05, 0) is 49.2 Å². The predicted molar refractivity (Wildman–Crippen MR) is 119 cm³/mol. The lowest BCUT2D eigenvalue weighted by atomic mass is 9.85. The van der Waals surface area contributed by atoms with E-state index in [0.29, 0.717) is 18.6 Å². The van der Waals surface area contributed by atoms with Gasteiger partial charge in [0, 0.05) is 23.3 Å². The Balaban J connectivity index is 1.67. The molecule has 0 aromatic heterocycles. The number of hydrazine groups is 1. The highest BCUT2D eigenvalue weighted by Gasteiger charge is 2.51. The Morgan fingerprint density at radius 2 is 1.50 bits per heavy atom. The highest BCUT2D eigenvalue weighted by molar-refractivity contribution is 6.09. The van der Waals surface area contributed by atoms with Gasteiger partial charge in [-0.15, -0.1) is 0 Å². The van der Waals surface area contributed by atoms with Crippen LogP contribution in [-0.2, 0) is 9.59 Å². The summed E-state index contributed by atoms with van der Waals surface area (Å²) in [6, 6.07) is 11.0. The van der Waals surface area contributed by atoms with Crippen LogP contribution >= 0.6 is 0 Å². The summed E-state index contributed by atoms with van der Waals surface area (Å²) in [5.74, 6) is -3.02. The number of rotatable bonds is 7. The third kappa shape index (κ3) is 4.17. The number of carbonyl (C=O) groups is 4. The second kappa shape index (κ2) is 9.26. The molecule has 3 amide bonds. The molecule has 2 aromatic carbocycles. The molecule has 4 rings (SSSR count). The first-order valence-electron chi connectivity index (χ1n) is 10.6. The zero-order valence-corrected chi connectivity index (χ0v) is 18.2. The second-order valence-corrected chi connectivity index (χ2v) is 7.96. The molecule has 10 nitrogen and oxygen atoms in total. The molecule has 1 fully saturated rings. The number of hydrogen-bond donors (Lipinski definition) is 0. The summed E-state index contributed by atoms with van der Waals surface area (Å²) in [6.07, 6.45) is 4.39. The Morgan fingerprint density at radius 1 is 0.971 bits per heavy atom. The van der Waals surface area contributed by atoms with Crippen molar-refractivity contribution in [3.8, 4) is 5.75 Å². The van der Waals surface area contributed by atoms with Crippen LogP contribution in [0, 0.1) is 22.0 Å². The van der Waals surface area contributed by atoms with Crippen LogP contribution in [0.5, 0.6) is 5.75 Å². The molecule has 34 heavy (non-hydrogen) atoms. The fraction of sp³-hybridized carbons (Fsp3) is 0.250. The van der Waals surface area contributed by atoms with Gasteiger partial charge in [0.25, 0.3) is 23.4 Å². The number of methoxy groups -OCH3 is 1. The lowest BCUT2D eigenvalue weighted by molar-refractivity contribution is -0.384. The number of nitro benzene ring substituents is 1. The summed E-state index contributed by atoms with van der Waals surface area (Å²) < 4.78 is 5.09. The number of hydrogen-bond acceptors (Lipinski definition) is 7. The van der Waals surface area contributed by atoms with Gasteiger partial charge >= 0.3 is 0 Å². The molecule has 2 aromatic rings. The van der Waals surface area contributed by atoms with Crippen LogP contribution in [0.25, 0.3) is 0 Å². The molecule has 1 aliphatic carbocycles. The first kappa shape index (κ1) is 22.8. The molecule has 0 saturated carbocycles. The van der Waals surface area contributed by atoms with Gasteiger partial charge in [-0.1, -0.05) is 12.2 Å². The van der Waals surface area contributed by atoms with Crippen molar-refractivity contribution in [2.24, 2.45) is 11.8 Å². The molecule has 0 radical (unpaired) electrons. The van der Waals surface area contributed by atoms with Gasteiger partial charge in [0.2, 0.25) is 0 Å². The van der Waals surface area contributed by atoms with Gasteiger partial charge in [0.05, 0.1) is 23.9 Å². The number of nitro groups is 1. The van der Waals surface area contributed by atoms with Gasteiger partial charge in [-0.3, -0.25) is 29.3 Å². The van der Waals surface area contributed by atoms with Crippen LogP contribution in [-0.4, -0.2) is 52.1 Å². The largest absolute Gasteiger partial charge is 0.497 e. The maximum atomic E-state index is 13.4. The molecule has 174 valence electrons. The maximum Gasteiger partial charge on any atom is 0.273 e. The second-order valence-electron chi connectivity index (χ2n) is 7.96. The zero-order chi connectivity index (χ0) is 24.4. The highest BCUT2D eigenvalue weighted by atomic mass is 16.6. The average molecular weight is 463 g/mol. The van der Waals surface area contributed by atoms with E-state index in [1.54, 1.807) is 12.1 Å². The molecule has 1 heterocycles. The number of ether oxygens (including phenoxy) is 1. The van der Waals surface area contributed by atoms with Crippen molar-refractivity contribution in [2.45, 2.75) is 12.8 Å². The predicted octanol–water partition coefficient (Wildman–Crippen LogP) is 2.79. The SMILES string of the molecule is COc1ccc(C(=O)CN(C(=O)c2ccc([N+](=O)[O-])cc2)N2C(=O)[C@H]3CC=CC[C@@H]3C2=O)cc1. The number of Topliss-reactive ketones (excluding diaryl/α,β-unsaturated/α-hetero) is 1. The number of allylic oxidation sites excluding steroid dienone is 2. The van der Waals surface area contributed by atoms with Crippen LogP contribution in [0.15, 0.2) is 60.7 Å². The Bertz CT molecular complexity index is 1160. The topological polar surface area (TPSA) is 127 Å². The van der Waals surface area contributed by atoms with Crippen molar-refractivity contribution in [1.82, 2.24) is 10.0 Å². The molecule has 2 atom stereocenters. The number of non-ortho nitro benzene ring substituents is 1. The van der Waals surface area contributed by atoms with E-state index < -0.39 is 46.8 Å². The van der Waals surface area contributed by atoms with E-state index in [-0.39, 0.29) is 16.8 Å². The third-order valence-corrected chi connectivity index (χ3v) is 5.99. The molecular formula is C24H21N3O7. The summed E-state index contributed by atoms with van der Waals surface area (Å²) in [6.45, 7) is -0.563. The number of carbonyl (C=O) groups excluding carboxylic acids is 4. The minimum atomic E-state index is -0.787. The van der Waals surface area contributed by atoms with E-state index >= 15 is 0 Å². The lowest BCUT2D eigenvalue weighted by Gasteiger charge is -2.30. The molecule has 1 saturated heterocycles. The smallest absolute Gasteiger partial charge is 0.273 e. The van der Waals surface area contributed by atoms with E-state index in [4.69, 9.17) is 4.74 Å². The first-order valence-corrected chi connectivity index (χ1v) is 10.6. The van der Waals surface area contributed by atoms with E-state index in [2.05, 4.69) is 0 Å². The standard InChI is InChI=1S/C24H21N3O7/c1-34-18-12-8-15(9-13-18)21(28)14-25(22(29)16-6-10-17(11-7-16)27(32)33)26-23(30)19-4-2-3-5-20(19)24(26)31/h2-3,6-13,19-20H,4-5,14H2,1H3/t19-,20-/m0/s1. The monoisotopic (exact) mass is 463 g/mol. The summed E-state index contributed by atoms with van der Waals surface area (Å²) in [5.41, 5.74) is 0.0463. The van der Waals surface area contributed by atoms with Gasteiger partial charge in [0.1, 0.15) is 12.3 Å². The van der Waals surface area contributed by atoms with E-state index in [1.165, 1.54) is 31.4 Å². The van der Waals surface area contributed by atoms with Crippen molar-refractivity contribution in [3.63, 3.8) is 0 Å². The Morgan fingerprint density at radius 3 is 2.00 bits per heavy atom. The van der Waals surface area contributed by atoms with Gasteiger partial charge < -0.3 is 4.74 Å². The van der Waals surface area contributed by atoms with E-state index in [1.807, 2.05) is 12.2 Å². The summed E-state index contributed by atoms with van der Waals surface area (Å²) in [5, 5.41) is 12.6. The normalized spacial score (nSPS) is 19.0. The molecule has 0 unspecified atom stereocenters. The highest BCUT2D eigenvalue weighted by Crippen LogP contribution is 2.36. The Labute approximate surface area is 194 Å². The van der Waals surface area contributed by atoms with Crippen LogP contribution in [0.3, 0.4) is 0 Å². The third-order valence-electron chi connectivity index (χ3n) is 5.99. The van der Waals surface area contributed by atoms with Crippen LogP contribution in [0.4, 0.5) is 5.69 Å². The summed E-state index contributed by atoms with van der Waals surface area (Å²) in [7, 11) is 1.49. The van der Waals surface area contributed by atoms with E-state index in [9.17, 15) is 29.3 Å². The minimum Gasteiger partial charge on any atom is -0.497 e. The molecule has 10 heteroatoms. The number of imide groups is 1. The number of amides is 3. The molecule has 1 aliphatic heterocycles. The molecule has 0 bridgehead atoms. The van der Waals surface area contributed by atoms with Crippen molar-refractivity contribution in [1.29, 1.82) is 0 Å². The molecular weight excluding hydrogens is 442 g/mol. The van der Waals surface area contributed by atoms with E-state index in [0.717, 1.165) is 22.2 Å². The molecule has 2 aliphatic rings. The molecule has 0 N–H and O–H groups in total. The van der Waals surface area contributed by atoms with Crippen molar-refractivity contribution in [3.05, 3.63) is 81.9 Å². The number of benzene rings is 2. The Kier molecular flexibility index (Phi) is 6.22. The zero-order valence-electron chi connectivity index (χ0n) is 18.2. The number of ketones is 1.